The molecule has 1 amide bonds. The SMILES string of the molecule is COC(=O)C1=C(C(=O)OC)SC2(S1)C(C(=O)OC)=C(C(=O)OC)SC1=C2c2cc(C)c(C)cc2N(C(=O)CCC2CCCCC2)C1(C)C. The molecule has 3 aliphatic heterocycles. The minimum absolute atomic E-state index is 0.0472. The molecule has 1 fully saturated rings. The van der Waals surface area contributed by atoms with Crippen LogP contribution in [0.1, 0.15) is 75.5 Å². The highest BCUT2D eigenvalue weighted by molar-refractivity contribution is 8.26. The van der Waals surface area contributed by atoms with Gasteiger partial charge in [0.15, 0.2) is 0 Å². The zero-order chi connectivity index (χ0) is 35.1. The number of hydrogen-bond acceptors (Lipinski definition) is 12. The molecule has 10 nitrogen and oxygen atoms in total. The van der Waals surface area contributed by atoms with Crippen molar-refractivity contribution in [2.75, 3.05) is 33.3 Å². The van der Waals surface area contributed by atoms with Crippen molar-refractivity contribution in [3.05, 3.63) is 54.0 Å². The van der Waals surface area contributed by atoms with Gasteiger partial charge in [-0.1, -0.05) is 67.4 Å². The third-order valence-corrected chi connectivity index (χ3v) is 14.1. The van der Waals surface area contributed by atoms with Crippen LogP contribution in [0.5, 0.6) is 0 Å². The summed E-state index contributed by atoms with van der Waals surface area (Å²) in [6, 6.07) is 3.94. The van der Waals surface area contributed by atoms with Crippen molar-refractivity contribution >= 4 is 76.3 Å². The molecule has 0 unspecified atom stereocenters. The number of ether oxygens (including phenoxy) is 4. The van der Waals surface area contributed by atoms with E-state index in [9.17, 15) is 24.0 Å². The molecule has 258 valence electrons. The summed E-state index contributed by atoms with van der Waals surface area (Å²) in [6.45, 7) is 7.76. The number of carbonyl (C=O) groups excluding carboxylic acids is 5. The van der Waals surface area contributed by atoms with Gasteiger partial charge in [0.2, 0.25) is 5.91 Å². The number of methoxy groups -OCH3 is 4. The third-order valence-electron chi connectivity index (χ3n) is 9.49. The molecule has 1 aromatic carbocycles. The standard InChI is InChI=1S/C35H41NO9S3/c1-18-16-21-22(17-19(18)2)36(23(37)15-14-20-12-10-9-11-13-20)34(3,4)29-24(21)35(25(30(38)42-5)26(46-29)31(39)43-6)47-27(32(40)44-7)28(48-35)33(41)45-8/h16-17,20H,9-15H2,1-8H3. The molecule has 1 spiro atoms. The van der Waals surface area contributed by atoms with Gasteiger partial charge >= 0.3 is 23.9 Å². The smallest absolute Gasteiger partial charge is 0.345 e. The molecule has 0 radical (unpaired) electrons. The zero-order valence-electron chi connectivity index (χ0n) is 28.5. The number of benzene rings is 1. The molecular formula is C35H41NO9S3. The van der Waals surface area contributed by atoms with Gasteiger partial charge in [-0.3, -0.25) is 4.79 Å². The maximum Gasteiger partial charge on any atom is 0.345 e. The first-order chi connectivity index (χ1) is 22.8. The molecule has 1 saturated carbocycles. The van der Waals surface area contributed by atoms with Crippen LogP contribution in [0, 0.1) is 19.8 Å². The number of carbonyl (C=O) groups is 5. The Hall–Kier alpha value is -3.16. The molecule has 4 aliphatic rings. The van der Waals surface area contributed by atoms with E-state index in [1.165, 1.54) is 47.7 Å². The van der Waals surface area contributed by atoms with Gasteiger partial charge in [0.25, 0.3) is 0 Å². The molecule has 0 bridgehead atoms. The molecular weight excluding hydrogens is 675 g/mol. The third kappa shape index (κ3) is 6.00. The second-order valence-corrected chi connectivity index (χ2v) is 16.5. The van der Waals surface area contributed by atoms with Gasteiger partial charge in [-0.05, 0) is 63.3 Å². The lowest BCUT2D eigenvalue weighted by Crippen LogP contribution is -2.54. The molecule has 0 aromatic heterocycles. The number of anilines is 1. The fourth-order valence-corrected chi connectivity index (χ4v) is 12.0. The van der Waals surface area contributed by atoms with Crippen LogP contribution in [0.2, 0.25) is 0 Å². The first-order valence-electron chi connectivity index (χ1n) is 15.8. The number of hydrogen-bond donors (Lipinski definition) is 0. The van der Waals surface area contributed by atoms with E-state index in [4.69, 9.17) is 18.9 Å². The minimum atomic E-state index is -1.60. The molecule has 48 heavy (non-hydrogen) atoms. The highest BCUT2D eigenvalue weighted by Crippen LogP contribution is 2.71. The average Bonchev–Trinajstić information content (AvgIpc) is 3.47. The number of esters is 4. The van der Waals surface area contributed by atoms with Crippen molar-refractivity contribution < 1.29 is 42.9 Å². The Balaban J connectivity index is 1.80. The Morgan fingerprint density at radius 3 is 1.83 bits per heavy atom. The summed E-state index contributed by atoms with van der Waals surface area (Å²) in [5.41, 5.74) is 2.64. The fourth-order valence-electron chi connectivity index (χ4n) is 6.93. The highest BCUT2D eigenvalue weighted by atomic mass is 32.2. The summed E-state index contributed by atoms with van der Waals surface area (Å²) in [5.74, 6) is -2.78. The Bertz CT molecular complexity index is 1660. The van der Waals surface area contributed by atoms with Crippen LogP contribution in [0.3, 0.4) is 0 Å². The quantitative estimate of drug-likeness (QED) is 0.224. The molecule has 3 heterocycles. The molecule has 13 heteroatoms. The topological polar surface area (TPSA) is 126 Å². The Morgan fingerprint density at radius 1 is 0.771 bits per heavy atom. The van der Waals surface area contributed by atoms with Crippen LogP contribution < -0.4 is 4.90 Å². The van der Waals surface area contributed by atoms with Gasteiger partial charge < -0.3 is 23.8 Å². The summed E-state index contributed by atoms with van der Waals surface area (Å²) in [6.07, 6.45) is 6.98. The van der Waals surface area contributed by atoms with Crippen LogP contribution in [0.15, 0.2) is 37.3 Å². The number of thioether (sulfide) groups is 3. The van der Waals surface area contributed by atoms with E-state index in [1.54, 1.807) is 0 Å². The van der Waals surface area contributed by atoms with E-state index >= 15 is 0 Å². The van der Waals surface area contributed by atoms with Gasteiger partial charge in [0.05, 0.1) is 45.2 Å². The maximum atomic E-state index is 14.4. The summed E-state index contributed by atoms with van der Waals surface area (Å²) >= 11 is 2.91. The van der Waals surface area contributed by atoms with Crippen LogP contribution in [-0.4, -0.2) is 67.8 Å². The van der Waals surface area contributed by atoms with Crippen molar-refractivity contribution in [1.82, 2.24) is 0 Å². The van der Waals surface area contributed by atoms with E-state index in [0.29, 0.717) is 34.1 Å². The van der Waals surface area contributed by atoms with Gasteiger partial charge in [0.1, 0.15) is 18.8 Å². The van der Waals surface area contributed by atoms with E-state index < -0.39 is 33.5 Å². The van der Waals surface area contributed by atoms with Crippen LogP contribution in [0.4, 0.5) is 5.69 Å². The Morgan fingerprint density at radius 2 is 1.29 bits per heavy atom. The first-order valence-corrected chi connectivity index (χ1v) is 18.3. The van der Waals surface area contributed by atoms with Crippen LogP contribution >= 0.6 is 35.3 Å². The molecule has 5 rings (SSSR count). The highest BCUT2D eigenvalue weighted by Gasteiger charge is 2.61. The largest absolute Gasteiger partial charge is 0.466 e. The minimum Gasteiger partial charge on any atom is -0.466 e. The summed E-state index contributed by atoms with van der Waals surface area (Å²) < 4.78 is 19.0. The molecule has 0 atom stereocenters. The predicted molar refractivity (Wildman–Crippen MR) is 188 cm³/mol. The molecule has 0 saturated heterocycles. The molecule has 1 aromatic rings. The average molecular weight is 716 g/mol. The number of aryl methyl sites for hydroxylation is 2. The molecule has 1 aliphatic carbocycles. The summed E-state index contributed by atoms with van der Waals surface area (Å²) in [4.78, 5) is 70.6. The van der Waals surface area contributed by atoms with Gasteiger partial charge in [-0.15, -0.1) is 0 Å². The van der Waals surface area contributed by atoms with Crippen molar-refractivity contribution in [3.63, 3.8) is 0 Å². The van der Waals surface area contributed by atoms with Crippen molar-refractivity contribution in [2.24, 2.45) is 5.92 Å². The zero-order valence-corrected chi connectivity index (χ0v) is 31.0. The Labute approximate surface area is 293 Å². The van der Waals surface area contributed by atoms with Crippen molar-refractivity contribution in [2.45, 2.75) is 82.3 Å². The van der Waals surface area contributed by atoms with Crippen LogP contribution in [-0.2, 0) is 42.9 Å². The van der Waals surface area contributed by atoms with E-state index in [0.717, 1.165) is 65.7 Å². The van der Waals surface area contributed by atoms with Crippen molar-refractivity contribution in [3.8, 4) is 0 Å². The normalized spacial score (nSPS) is 20.0. The van der Waals surface area contributed by atoms with Crippen molar-refractivity contribution in [1.29, 1.82) is 0 Å². The second-order valence-electron chi connectivity index (χ2n) is 12.7. The monoisotopic (exact) mass is 715 g/mol. The lowest BCUT2D eigenvalue weighted by atomic mass is 9.81. The number of fused-ring (bicyclic) bond motifs is 3. The number of nitrogens with zero attached hydrogens (tertiary/aromatic N) is 1. The molecule has 0 N–H and O–H groups in total. The van der Waals surface area contributed by atoms with E-state index in [-0.39, 0.29) is 26.2 Å². The van der Waals surface area contributed by atoms with E-state index in [2.05, 4.69) is 0 Å². The maximum absolute atomic E-state index is 14.4. The number of amides is 1. The van der Waals surface area contributed by atoms with E-state index in [1.807, 2.05) is 44.7 Å². The van der Waals surface area contributed by atoms with Gasteiger partial charge in [-0.25, -0.2) is 19.2 Å². The lowest BCUT2D eigenvalue weighted by Gasteiger charge is -2.51. The predicted octanol–water partition coefficient (Wildman–Crippen LogP) is 6.58. The lowest BCUT2D eigenvalue weighted by molar-refractivity contribution is -0.138. The second kappa shape index (κ2) is 14.0. The van der Waals surface area contributed by atoms with Gasteiger partial charge in [0, 0.05) is 22.5 Å². The summed E-state index contributed by atoms with van der Waals surface area (Å²) in [5, 5.41) is 0. The fraction of sp³-hybridized carbons (Fsp3) is 0.514. The summed E-state index contributed by atoms with van der Waals surface area (Å²) in [7, 11) is 4.80. The van der Waals surface area contributed by atoms with Crippen LogP contribution in [0.25, 0.3) is 5.57 Å². The number of rotatable bonds is 7. The Kier molecular flexibility index (Phi) is 10.5. The van der Waals surface area contributed by atoms with Gasteiger partial charge in [-0.2, -0.15) is 0 Å². The first kappa shape index (κ1) is 36.1.